The van der Waals surface area contributed by atoms with E-state index in [4.69, 9.17) is 4.74 Å². The molecule has 1 spiro atoms. The first-order chi connectivity index (χ1) is 4.62. The van der Waals surface area contributed by atoms with Gasteiger partial charge in [-0.15, -0.1) is 0 Å². The Labute approximate surface area is 58.2 Å². The molecule has 58 valence electrons. The van der Waals surface area contributed by atoms with Crippen molar-refractivity contribution >= 4 is 10.4 Å². The van der Waals surface area contributed by atoms with Crippen molar-refractivity contribution in [2.24, 2.45) is 0 Å². The molecular formula is C4H6O5S. The van der Waals surface area contributed by atoms with Gasteiger partial charge in [0.2, 0.25) is 0 Å². The van der Waals surface area contributed by atoms with Crippen LogP contribution in [0, 0.1) is 0 Å². The maximum absolute atomic E-state index is 10.3. The molecule has 0 aromatic heterocycles. The van der Waals surface area contributed by atoms with Gasteiger partial charge in [0.05, 0.1) is 6.61 Å². The van der Waals surface area contributed by atoms with Gasteiger partial charge in [0.15, 0.2) is 0 Å². The van der Waals surface area contributed by atoms with E-state index in [1.54, 1.807) is 0 Å². The van der Waals surface area contributed by atoms with E-state index in [0.717, 1.165) is 6.42 Å². The van der Waals surface area contributed by atoms with Crippen molar-refractivity contribution in [1.29, 1.82) is 0 Å². The summed E-state index contributed by atoms with van der Waals surface area (Å²) >= 11 is 0. The first kappa shape index (κ1) is 6.53. The number of ether oxygens (including phenoxy) is 1. The highest BCUT2D eigenvalue weighted by molar-refractivity contribution is 7.82. The molecular weight excluding hydrogens is 160 g/mol. The molecule has 2 saturated heterocycles. The summed E-state index contributed by atoms with van der Waals surface area (Å²) < 4.78 is 34.3. The molecule has 6 heteroatoms. The second kappa shape index (κ2) is 1.70. The number of hydrogen-bond donors (Lipinski definition) is 0. The topological polar surface area (TPSA) is 61.8 Å². The summed E-state index contributed by atoms with van der Waals surface area (Å²) in [6, 6.07) is 0. The van der Waals surface area contributed by atoms with Crippen LogP contribution < -0.4 is 0 Å². The van der Waals surface area contributed by atoms with Crippen LogP contribution in [0.5, 0.6) is 0 Å². The Morgan fingerprint density at radius 2 is 2.00 bits per heavy atom. The van der Waals surface area contributed by atoms with Crippen LogP contribution >= 0.6 is 0 Å². The third kappa shape index (κ3) is 0.842. The second-order valence-electron chi connectivity index (χ2n) is 2.21. The third-order valence-corrected chi connectivity index (χ3v) is 2.32. The lowest BCUT2D eigenvalue weighted by atomic mass is 10.3. The lowest BCUT2D eigenvalue weighted by molar-refractivity contribution is -0.327. The predicted molar refractivity (Wildman–Crippen MR) is 29.0 cm³/mol. The molecule has 0 atom stereocenters. The molecule has 0 unspecified atom stereocenters. The van der Waals surface area contributed by atoms with Crippen LogP contribution in [-0.2, 0) is 23.5 Å². The molecule has 0 N–H and O–H groups in total. The second-order valence-corrected chi connectivity index (χ2v) is 3.36. The van der Waals surface area contributed by atoms with Crippen LogP contribution in [0.2, 0.25) is 0 Å². The first-order valence-electron chi connectivity index (χ1n) is 2.92. The van der Waals surface area contributed by atoms with Crippen LogP contribution in [0.1, 0.15) is 12.8 Å². The quantitative estimate of drug-likeness (QED) is 0.496. The van der Waals surface area contributed by atoms with E-state index in [9.17, 15) is 8.42 Å². The molecule has 2 aliphatic heterocycles. The molecule has 0 saturated carbocycles. The molecule has 2 rings (SSSR count). The van der Waals surface area contributed by atoms with E-state index in [2.05, 4.69) is 8.37 Å². The summed E-state index contributed by atoms with van der Waals surface area (Å²) in [4.78, 5) is 0. The van der Waals surface area contributed by atoms with Gasteiger partial charge in [-0.25, -0.2) is 0 Å². The highest BCUT2D eigenvalue weighted by atomic mass is 32.3. The van der Waals surface area contributed by atoms with Crippen molar-refractivity contribution in [1.82, 2.24) is 0 Å². The summed E-state index contributed by atoms with van der Waals surface area (Å²) in [5.74, 6) is -1.24. The fourth-order valence-electron chi connectivity index (χ4n) is 1.04. The summed E-state index contributed by atoms with van der Waals surface area (Å²) in [5, 5.41) is 0. The molecule has 0 bridgehead atoms. The van der Waals surface area contributed by atoms with Crippen LogP contribution in [0.15, 0.2) is 0 Å². The lowest BCUT2D eigenvalue weighted by Gasteiger charge is -2.33. The Kier molecular flexibility index (Phi) is 1.11. The van der Waals surface area contributed by atoms with E-state index in [1.165, 1.54) is 0 Å². The van der Waals surface area contributed by atoms with E-state index < -0.39 is 16.4 Å². The van der Waals surface area contributed by atoms with Crippen molar-refractivity contribution in [2.75, 3.05) is 6.61 Å². The van der Waals surface area contributed by atoms with E-state index in [1.807, 2.05) is 0 Å². The van der Waals surface area contributed by atoms with Gasteiger partial charge in [-0.2, -0.15) is 16.8 Å². The van der Waals surface area contributed by atoms with Crippen LogP contribution in [0.4, 0.5) is 0 Å². The van der Waals surface area contributed by atoms with Gasteiger partial charge in [0.1, 0.15) is 0 Å². The third-order valence-electron chi connectivity index (χ3n) is 1.41. The van der Waals surface area contributed by atoms with Crippen LogP contribution in [-0.4, -0.2) is 21.0 Å². The molecule has 0 radical (unpaired) electrons. The molecule has 5 nitrogen and oxygen atoms in total. The fraction of sp³-hybridized carbons (Fsp3) is 1.00. The van der Waals surface area contributed by atoms with E-state index in [0.29, 0.717) is 13.0 Å². The molecule has 2 heterocycles. The van der Waals surface area contributed by atoms with Crippen molar-refractivity contribution < 1.29 is 21.5 Å². The van der Waals surface area contributed by atoms with Crippen molar-refractivity contribution in [2.45, 2.75) is 18.8 Å². The van der Waals surface area contributed by atoms with Gasteiger partial charge in [-0.05, 0) is 6.42 Å². The monoisotopic (exact) mass is 166 g/mol. The van der Waals surface area contributed by atoms with E-state index >= 15 is 0 Å². The Morgan fingerprint density at radius 1 is 1.30 bits per heavy atom. The Hall–Kier alpha value is -0.170. The minimum Gasteiger partial charge on any atom is -0.326 e. The van der Waals surface area contributed by atoms with Gasteiger partial charge in [0.25, 0.3) is 0 Å². The summed E-state index contributed by atoms with van der Waals surface area (Å²) in [6.07, 6.45) is 1.27. The minimum absolute atomic E-state index is 0.492. The average molecular weight is 166 g/mol. The van der Waals surface area contributed by atoms with Crippen LogP contribution in [0.3, 0.4) is 0 Å². The molecule has 2 fully saturated rings. The number of hydrogen-bond acceptors (Lipinski definition) is 5. The Morgan fingerprint density at radius 3 is 2.40 bits per heavy atom. The van der Waals surface area contributed by atoms with Crippen LogP contribution in [0.25, 0.3) is 0 Å². The predicted octanol–water partition coefficient (Wildman–Crippen LogP) is -0.258. The van der Waals surface area contributed by atoms with Gasteiger partial charge in [-0.3, -0.25) is 0 Å². The van der Waals surface area contributed by atoms with Gasteiger partial charge >= 0.3 is 16.4 Å². The molecule has 0 amide bonds. The molecule has 0 aliphatic carbocycles. The zero-order valence-electron chi connectivity index (χ0n) is 5.07. The normalized spacial score (nSPS) is 34.0. The average Bonchev–Trinajstić information content (AvgIpc) is 2.10. The first-order valence-corrected chi connectivity index (χ1v) is 4.25. The molecule has 0 aromatic rings. The SMILES string of the molecule is O=S1(=O)OC2(CCCO2)O1. The number of rotatable bonds is 0. The van der Waals surface area contributed by atoms with Gasteiger partial charge in [-0.1, -0.05) is 0 Å². The van der Waals surface area contributed by atoms with Crippen molar-refractivity contribution in [3.8, 4) is 0 Å². The van der Waals surface area contributed by atoms with Gasteiger partial charge < -0.3 is 4.74 Å². The van der Waals surface area contributed by atoms with Crippen molar-refractivity contribution in [3.05, 3.63) is 0 Å². The highest BCUT2D eigenvalue weighted by Crippen LogP contribution is 2.39. The van der Waals surface area contributed by atoms with E-state index in [-0.39, 0.29) is 0 Å². The Bertz CT molecular complexity index is 222. The largest absolute Gasteiger partial charge is 0.409 e. The minimum atomic E-state index is -3.70. The highest BCUT2D eigenvalue weighted by Gasteiger charge is 2.55. The maximum Gasteiger partial charge on any atom is 0.409 e. The Balaban J connectivity index is 2.12. The standard InChI is InChI=1S/C4H6O5S/c5-10(6)8-4(9-10)2-1-3-7-4/h1-3H2. The maximum atomic E-state index is 10.3. The molecule has 2 aliphatic rings. The summed E-state index contributed by atoms with van der Waals surface area (Å²) in [5.41, 5.74) is 0. The summed E-state index contributed by atoms with van der Waals surface area (Å²) in [7, 11) is -3.70. The zero-order valence-corrected chi connectivity index (χ0v) is 5.89. The zero-order chi connectivity index (χ0) is 7.24. The molecule has 10 heavy (non-hydrogen) atoms. The van der Waals surface area contributed by atoms with Gasteiger partial charge in [0, 0.05) is 6.42 Å². The fourth-order valence-corrected chi connectivity index (χ4v) is 1.93. The van der Waals surface area contributed by atoms with Crippen molar-refractivity contribution in [3.63, 3.8) is 0 Å². The smallest absolute Gasteiger partial charge is 0.326 e. The lowest BCUT2D eigenvalue weighted by Crippen LogP contribution is -2.49. The summed E-state index contributed by atoms with van der Waals surface area (Å²) in [6.45, 7) is 0.496. The molecule has 0 aromatic carbocycles.